The van der Waals surface area contributed by atoms with Crippen molar-refractivity contribution < 1.29 is 18.8 Å². The quantitative estimate of drug-likeness (QED) is 0.271. The molecule has 0 aliphatic rings. The number of benzene rings is 3. The highest BCUT2D eigenvalue weighted by molar-refractivity contribution is 5.75. The van der Waals surface area contributed by atoms with Crippen molar-refractivity contribution in [1.29, 1.82) is 0 Å². The van der Waals surface area contributed by atoms with Crippen LogP contribution in [0.4, 0.5) is 10.1 Å². The van der Waals surface area contributed by atoms with Crippen molar-refractivity contribution in [3.63, 3.8) is 0 Å². The van der Waals surface area contributed by atoms with Crippen molar-refractivity contribution in [1.82, 2.24) is 0 Å². The Kier molecular flexibility index (Phi) is 5.56. The lowest BCUT2D eigenvalue weighted by Gasteiger charge is -2.17. The zero-order valence-corrected chi connectivity index (χ0v) is 14.2. The van der Waals surface area contributed by atoms with Gasteiger partial charge in [-0.1, -0.05) is 60.7 Å². The van der Waals surface area contributed by atoms with Crippen molar-refractivity contribution in [3.05, 3.63) is 106 Å². The second-order valence-electron chi connectivity index (χ2n) is 5.92. The lowest BCUT2D eigenvalue weighted by atomic mass is 9.88. The van der Waals surface area contributed by atoms with Crippen molar-refractivity contribution in [2.24, 2.45) is 0 Å². The number of carbonyl (C=O) groups is 1. The van der Waals surface area contributed by atoms with Gasteiger partial charge in [-0.2, -0.15) is 0 Å². The lowest BCUT2D eigenvalue weighted by Crippen LogP contribution is -2.15. The van der Waals surface area contributed by atoms with Crippen LogP contribution in [0.5, 0.6) is 5.75 Å². The molecule has 0 aliphatic heterocycles. The van der Waals surface area contributed by atoms with E-state index in [9.17, 15) is 19.3 Å². The van der Waals surface area contributed by atoms with E-state index in [1.807, 2.05) is 60.7 Å². The molecule has 0 heterocycles. The van der Waals surface area contributed by atoms with Crippen molar-refractivity contribution in [2.45, 2.75) is 12.3 Å². The molecule has 6 heteroatoms. The monoisotopic (exact) mass is 365 g/mol. The molecule has 27 heavy (non-hydrogen) atoms. The maximum atomic E-state index is 13.4. The molecule has 0 saturated carbocycles. The number of nitro groups is 1. The van der Waals surface area contributed by atoms with Crippen LogP contribution in [0, 0.1) is 15.9 Å². The average molecular weight is 365 g/mol. The largest absolute Gasteiger partial charge is 0.419 e. The lowest BCUT2D eigenvalue weighted by molar-refractivity contribution is -0.385. The molecular formula is C21H16FNO4. The third kappa shape index (κ3) is 4.55. The van der Waals surface area contributed by atoms with Crippen LogP contribution in [-0.4, -0.2) is 10.9 Å². The molecule has 0 unspecified atom stereocenters. The van der Waals surface area contributed by atoms with Gasteiger partial charge >= 0.3 is 11.7 Å². The molecule has 3 aromatic rings. The van der Waals surface area contributed by atoms with Gasteiger partial charge in [0.25, 0.3) is 0 Å². The number of nitro benzene ring substituents is 1. The maximum absolute atomic E-state index is 13.4. The number of esters is 1. The first kappa shape index (κ1) is 18.3. The summed E-state index contributed by atoms with van der Waals surface area (Å²) in [4.78, 5) is 22.8. The van der Waals surface area contributed by atoms with E-state index in [-0.39, 0.29) is 12.3 Å². The first-order chi connectivity index (χ1) is 13.0. The van der Waals surface area contributed by atoms with Crippen LogP contribution in [-0.2, 0) is 4.79 Å². The van der Waals surface area contributed by atoms with Gasteiger partial charge in [0.05, 0.1) is 11.3 Å². The number of rotatable bonds is 6. The third-order valence-electron chi connectivity index (χ3n) is 4.12. The summed E-state index contributed by atoms with van der Waals surface area (Å²) >= 11 is 0. The van der Waals surface area contributed by atoms with Crippen LogP contribution in [0.25, 0.3) is 0 Å². The summed E-state index contributed by atoms with van der Waals surface area (Å²) in [6.45, 7) is 0. The summed E-state index contributed by atoms with van der Waals surface area (Å²) < 4.78 is 18.6. The Labute approximate surface area is 155 Å². The Balaban J connectivity index is 1.86. The van der Waals surface area contributed by atoms with E-state index in [1.165, 1.54) is 0 Å². The highest BCUT2D eigenvalue weighted by atomic mass is 19.1. The topological polar surface area (TPSA) is 69.4 Å². The zero-order chi connectivity index (χ0) is 19.2. The first-order valence-electron chi connectivity index (χ1n) is 8.29. The highest BCUT2D eigenvalue weighted by Crippen LogP contribution is 2.31. The minimum atomic E-state index is -0.717. The number of hydrogen-bond acceptors (Lipinski definition) is 4. The van der Waals surface area contributed by atoms with Crippen molar-refractivity contribution >= 4 is 11.7 Å². The maximum Gasteiger partial charge on any atom is 0.312 e. The molecule has 0 aromatic heterocycles. The SMILES string of the molecule is O=C(CC(c1ccccc1)c1ccccc1)Oc1cc(F)ccc1[N+](=O)[O-]. The summed E-state index contributed by atoms with van der Waals surface area (Å²) in [5.41, 5.74) is 1.37. The second kappa shape index (κ2) is 8.23. The molecule has 0 atom stereocenters. The molecule has 3 aromatic carbocycles. The van der Waals surface area contributed by atoms with Gasteiger partial charge in [0.2, 0.25) is 5.75 Å². The predicted molar refractivity (Wildman–Crippen MR) is 98.0 cm³/mol. The summed E-state index contributed by atoms with van der Waals surface area (Å²) in [6.07, 6.45) is -0.0400. The number of hydrogen-bond donors (Lipinski definition) is 0. The van der Waals surface area contributed by atoms with Gasteiger partial charge in [0, 0.05) is 18.1 Å². The third-order valence-corrected chi connectivity index (χ3v) is 4.12. The van der Waals surface area contributed by atoms with E-state index in [0.29, 0.717) is 0 Å². The molecule has 0 N–H and O–H groups in total. The normalized spacial score (nSPS) is 10.6. The van der Waals surface area contributed by atoms with Gasteiger partial charge in [-0.3, -0.25) is 14.9 Å². The Morgan fingerprint density at radius 1 is 0.963 bits per heavy atom. The van der Waals surface area contributed by atoms with E-state index in [1.54, 1.807) is 0 Å². The number of nitrogens with zero attached hydrogens (tertiary/aromatic N) is 1. The van der Waals surface area contributed by atoms with Crippen LogP contribution in [0.2, 0.25) is 0 Å². The fourth-order valence-corrected chi connectivity index (χ4v) is 2.85. The van der Waals surface area contributed by atoms with E-state index < -0.39 is 28.1 Å². The van der Waals surface area contributed by atoms with Crippen LogP contribution >= 0.6 is 0 Å². The molecule has 0 spiro atoms. The minimum Gasteiger partial charge on any atom is -0.419 e. The van der Waals surface area contributed by atoms with Crippen LogP contribution < -0.4 is 4.74 Å². The van der Waals surface area contributed by atoms with E-state index >= 15 is 0 Å². The number of ether oxygens (including phenoxy) is 1. The molecule has 0 amide bonds. The number of carbonyl (C=O) groups excluding carboxylic acids is 1. The average Bonchev–Trinajstić information content (AvgIpc) is 2.67. The Morgan fingerprint density at radius 2 is 1.52 bits per heavy atom. The second-order valence-corrected chi connectivity index (χ2v) is 5.92. The van der Waals surface area contributed by atoms with Gasteiger partial charge in [-0.05, 0) is 17.2 Å². The van der Waals surface area contributed by atoms with Crippen molar-refractivity contribution in [2.75, 3.05) is 0 Å². The van der Waals surface area contributed by atoms with Gasteiger partial charge in [-0.25, -0.2) is 4.39 Å². The first-order valence-corrected chi connectivity index (χ1v) is 8.29. The summed E-state index contributed by atoms with van der Waals surface area (Å²) in [5.74, 6) is -2.08. The molecule has 0 radical (unpaired) electrons. The zero-order valence-electron chi connectivity index (χ0n) is 14.2. The standard InChI is InChI=1S/C21H16FNO4/c22-17-11-12-19(23(25)26)20(13-17)27-21(24)14-18(15-7-3-1-4-8-15)16-9-5-2-6-10-16/h1-13,18H,14H2. The summed E-state index contributed by atoms with van der Waals surface area (Å²) in [5, 5.41) is 11.1. The molecule has 3 rings (SSSR count). The van der Waals surface area contributed by atoms with E-state index in [4.69, 9.17) is 4.74 Å². The van der Waals surface area contributed by atoms with Gasteiger partial charge < -0.3 is 4.74 Å². The van der Waals surface area contributed by atoms with Crippen molar-refractivity contribution in [3.8, 4) is 5.75 Å². The van der Waals surface area contributed by atoms with E-state index in [0.717, 1.165) is 29.3 Å². The molecular weight excluding hydrogens is 349 g/mol. The Hall–Kier alpha value is -3.54. The van der Waals surface area contributed by atoms with E-state index in [2.05, 4.69) is 0 Å². The van der Waals surface area contributed by atoms with Gasteiger partial charge in [0.15, 0.2) is 0 Å². The Bertz CT molecular complexity index is 905. The molecule has 0 bridgehead atoms. The van der Waals surface area contributed by atoms with Crippen LogP contribution in [0.15, 0.2) is 78.9 Å². The van der Waals surface area contributed by atoms with Crippen LogP contribution in [0.3, 0.4) is 0 Å². The smallest absolute Gasteiger partial charge is 0.312 e. The molecule has 136 valence electrons. The number of halogens is 1. The molecule has 0 aliphatic carbocycles. The summed E-state index contributed by atoms with van der Waals surface area (Å²) in [7, 11) is 0. The van der Waals surface area contributed by atoms with Gasteiger partial charge in [-0.15, -0.1) is 0 Å². The van der Waals surface area contributed by atoms with Crippen LogP contribution in [0.1, 0.15) is 23.5 Å². The highest BCUT2D eigenvalue weighted by Gasteiger charge is 2.23. The van der Waals surface area contributed by atoms with Gasteiger partial charge in [0.1, 0.15) is 5.82 Å². The Morgan fingerprint density at radius 3 is 2.04 bits per heavy atom. The summed E-state index contributed by atoms with van der Waals surface area (Å²) in [6, 6.07) is 21.6. The molecule has 0 fully saturated rings. The minimum absolute atomic E-state index is 0.0400. The molecule has 5 nitrogen and oxygen atoms in total. The fourth-order valence-electron chi connectivity index (χ4n) is 2.85. The fraction of sp³-hybridized carbons (Fsp3) is 0.0952. The molecule has 0 saturated heterocycles. The predicted octanol–water partition coefficient (Wildman–Crippen LogP) is 4.86.